The second-order valence-corrected chi connectivity index (χ2v) is 6.65. The topological polar surface area (TPSA) is 66.8 Å². The first-order valence-electron chi connectivity index (χ1n) is 7.04. The predicted octanol–water partition coefficient (Wildman–Crippen LogP) is 3.31. The Morgan fingerprint density at radius 3 is 2.74 bits per heavy atom. The second-order valence-electron chi connectivity index (χ2n) is 5.13. The number of carboxylic acids is 1. The van der Waals surface area contributed by atoms with Crippen LogP contribution in [0.5, 0.6) is 0 Å². The van der Waals surface area contributed by atoms with Crippen LogP contribution < -0.4 is 0 Å². The third kappa shape index (κ3) is 3.55. The van der Waals surface area contributed by atoms with E-state index >= 15 is 0 Å². The zero-order chi connectivity index (χ0) is 16.4. The van der Waals surface area contributed by atoms with Gasteiger partial charge in [0.05, 0.1) is 18.0 Å². The molecule has 0 aliphatic carbocycles. The van der Waals surface area contributed by atoms with Gasteiger partial charge in [0, 0.05) is 11.6 Å². The Morgan fingerprint density at radius 1 is 1.26 bits per heavy atom. The number of ether oxygens (including phenoxy) is 1. The highest BCUT2D eigenvalue weighted by molar-refractivity contribution is 7.15. The number of aromatic carboxylic acids is 1. The molecule has 0 spiro atoms. The summed E-state index contributed by atoms with van der Waals surface area (Å²) in [6.45, 7) is 1.33. The molecule has 0 bridgehead atoms. The van der Waals surface area contributed by atoms with Gasteiger partial charge in [-0.2, -0.15) is 0 Å². The van der Waals surface area contributed by atoms with Crippen molar-refractivity contribution in [1.29, 1.82) is 0 Å². The van der Waals surface area contributed by atoms with Gasteiger partial charge in [0.25, 0.3) is 5.91 Å². The van der Waals surface area contributed by atoms with E-state index in [1.165, 1.54) is 6.07 Å². The summed E-state index contributed by atoms with van der Waals surface area (Å²) in [6, 6.07) is 10.4. The van der Waals surface area contributed by atoms with Crippen molar-refractivity contribution in [3.63, 3.8) is 0 Å². The van der Waals surface area contributed by atoms with Gasteiger partial charge in [-0.25, -0.2) is 4.79 Å². The zero-order valence-electron chi connectivity index (χ0n) is 12.1. The number of carbonyl (C=O) groups excluding carboxylic acids is 1. The van der Waals surface area contributed by atoms with Crippen LogP contribution in [0.4, 0.5) is 0 Å². The lowest BCUT2D eigenvalue weighted by molar-refractivity contribution is -0.0226. The Labute approximate surface area is 142 Å². The lowest BCUT2D eigenvalue weighted by Gasteiger charge is -2.33. The fourth-order valence-corrected chi connectivity index (χ4v) is 3.48. The molecule has 0 radical (unpaired) electrons. The number of hydrogen-bond donors (Lipinski definition) is 1. The van der Waals surface area contributed by atoms with Crippen molar-refractivity contribution in [3.05, 3.63) is 56.7 Å². The first-order chi connectivity index (χ1) is 11.0. The number of benzene rings is 1. The van der Waals surface area contributed by atoms with Gasteiger partial charge >= 0.3 is 5.97 Å². The molecule has 1 aromatic carbocycles. The van der Waals surface area contributed by atoms with Gasteiger partial charge in [-0.15, -0.1) is 11.3 Å². The maximum atomic E-state index is 12.5. The number of carboxylic acid groups (broad SMARTS) is 1. The molecule has 2 heterocycles. The van der Waals surface area contributed by atoms with E-state index < -0.39 is 5.97 Å². The molecule has 3 rings (SSSR count). The first-order valence-corrected chi connectivity index (χ1v) is 8.23. The average Bonchev–Trinajstić information content (AvgIpc) is 3.04. The molecule has 1 aliphatic heterocycles. The van der Waals surface area contributed by atoms with Crippen LogP contribution in [0.25, 0.3) is 0 Å². The number of morpholine rings is 1. The molecule has 1 aliphatic rings. The molecule has 2 aromatic rings. The molecule has 1 atom stereocenters. The van der Waals surface area contributed by atoms with Crippen LogP contribution in [0.1, 0.15) is 31.0 Å². The average molecular weight is 352 g/mol. The second kappa shape index (κ2) is 6.70. The minimum Gasteiger partial charge on any atom is -0.477 e. The van der Waals surface area contributed by atoms with Crippen molar-refractivity contribution < 1.29 is 19.4 Å². The van der Waals surface area contributed by atoms with Crippen molar-refractivity contribution in [3.8, 4) is 0 Å². The highest BCUT2D eigenvalue weighted by atomic mass is 35.5. The fraction of sp³-hybridized carbons (Fsp3) is 0.250. The van der Waals surface area contributed by atoms with Crippen LogP contribution in [0.15, 0.2) is 36.4 Å². The van der Waals surface area contributed by atoms with Crippen molar-refractivity contribution >= 4 is 34.8 Å². The molecular weight excluding hydrogens is 338 g/mol. The molecular formula is C16H14ClNO4S. The van der Waals surface area contributed by atoms with Crippen LogP contribution in [0, 0.1) is 0 Å². The van der Waals surface area contributed by atoms with Gasteiger partial charge in [0.2, 0.25) is 0 Å². The van der Waals surface area contributed by atoms with E-state index in [9.17, 15) is 9.59 Å². The van der Waals surface area contributed by atoms with E-state index in [0.29, 0.717) is 29.6 Å². The Bertz CT molecular complexity index is 745. The SMILES string of the molecule is O=C(O)c1ccc(C(=O)N2CCOC(c3cccc(Cl)c3)C2)s1. The van der Waals surface area contributed by atoms with Gasteiger partial charge in [-0.1, -0.05) is 23.7 Å². The lowest BCUT2D eigenvalue weighted by Crippen LogP contribution is -2.42. The summed E-state index contributed by atoms with van der Waals surface area (Å²) in [5.41, 5.74) is 0.924. The summed E-state index contributed by atoms with van der Waals surface area (Å²) in [5.74, 6) is -1.19. The van der Waals surface area contributed by atoms with Crippen LogP contribution >= 0.6 is 22.9 Å². The Hall–Kier alpha value is -1.89. The van der Waals surface area contributed by atoms with Crippen LogP contribution in [0.3, 0.4) is 0 Å². The molecule has 23 heavy (non-hydrogen) atoms. The van der Waals surface area contributed by atoms with E-state index in [0.717, 1.165) is 16.9 Å². The fourth-order valence-electron chi connectivity index (χ4n) is 2.47. The molecule has 1 amide bonds. The standard InChI is InChI=1S/C16H14ClNO4S/c17-11-3-1-2-10(8-11)12-9-18(6-7-22-12)15(19)13-4-5-14(23-13)16(20)21/h1-5,8,12H,6-7,9H2,(H,20,21). The summed E-state index contributed by atoms with van der Waals surface area (Å²) in [6.07, 6.45) is -0.231. The number of thiophene rings is 1. The number of hydrogen-bond acceptors (Lipinski definition) is 4. The zero-order valence-corrected chi connectivity index (χ0v) is 13.6. The van der Waals surface area contributed by atoms with E-state index in [1.54, 1.807) is 17.0 Å². The van der Waals surface area contributed by atoms with Crippen molar-refractivity contribution in [2.45, 2.75) is 6.10 Å². The predicted molar refractivity (Wildman–Crippen MR) is 87.3 cm³/mol. The highest BCUT2D eigenvalue weighted by Gasteiger charge is 2.27. The van der Waals surface area contributed by atoms with Crippen LogP contribution in [0.2, 0.25) is 5.02 Å². The molecule has 1 unspecified atom stereocenters. The van der Waals surface area contributed by atoms with Gasteiger partial charge in [0.15, 0.2) is 0 Å². The lowest BCUT2D eigenvalue weighted by atomic mass is 10.1. The van der Waals surface area contributed by atoms with E-state index in [2.05, 4.69) is 0 Å². The Morgan fingerprint density at radius 2 is 2.04 bits per heavy atom. The maximum absolute atomic E-state index is 12.5. The monoisotopic (exact) mass is 351 g/mol. The molecule has 1 N–H and O–H groups in total. The number of halogens is 1. The number of amides is 1. The molecule has 120 valence electrons. The van der Waals surface area contributed by atoms with Crippen LogP contribution in [-0.4, -0.2) is 41.6 Å². The normalized spacial score (nSPS) is 18.0. The molecule has 5 nitrogen and oxygen atoms in total. The van der Waals surface area contributed by atoms with Crippen molar-refractivity contribution in [2.75, 3.05) is 19.7 Å². The van der Waals surface area contributed by atoms with Crippen LogP contribution in [-0.2, 0) is 4.74 Å². The summed E-state index contributed by atoms with van der Waals surface area (Å²) in [7, 11) is 0. The largest absolute Gasteiger partial charge is 0.477 e. The Kier molecular flexibility index (Phi) is 4.66. The number of carbonyl (C=O) groups is 2. The molecule has 1 saturated heterocycles. The molecule has 1 fully saturated rings. The minimum atomic E-state index is -1.02. The van der Waals surface area contributed by atoms with Gasteiger partial charge < -0.3 is 14.7 Å². The maximum Gasteiger partial charge on any atom is 0.345 e. The first kappa shape index (κ1) is 16.0. The molecule has 1 aromatic heterocycles. The minimum absolute atomic E-state index is 0.160. The summed E-state index contributed by atoms with van der Waals surface area (Å²) >= 11 is 6.99. The third-order valence-electron chi connectivity index (χ3n) is 3.60. The van der Waals surface area contributed by atoms with E-state index in [1.807, 2.05) is 18.2 Å². The number of nitrogens with zero attached hydrogens (tertiary/aromatic N) is 1. The summed E-state index contributed by atoms with van der Waals surface area (Å²) < 4.78 is 5.74. The van der Waals surface area contributed by atoms with Gasteiger partial charge in [0.1, 0.15) is 11.0 Å². The van der Waals surface area contributed by atoms with E-state index in [-0.39, 0.29) is 16.9 Å². The molecule has 0 saturated carbocycles. The van der Waals surface area contributed by atoms with Gasteiger partial charge in [-0.05, 0) is 29.8 Å². The van der Waals surface area contributed by atoms with Crippen molar-refractivity contribution in [1.82, 2.24) is 4.90 Å². The highest BCUT2D eigenvalue weighted by Crippen LogP contribution is 2.26. The summed E-state index contributed by atoms with van der Waals surface area (Å²) in [5, 5.41) is 9.58. The smallest absolute Gasteiger partial charge is 0.345 e. The molecule has 7 heteroatoms. The van der Waals surface area contributed by atoms with Crippen molar-refractivity contribution in [2.24, 2.45) is 0 Å². The van der Waals surface area contributed by atoms with E-state index in [4.69, 9.17) is 21.4 Å². The number of rotatable bonds is 3. The Balaban J connectivity index is 1.75. The summed E-state index contributed by atoms with van der Waals surface area (Å²) in [4.78, 5) is 25.7. The third-order valence-corrected chi connectivity index (χ3v) is 4.90. The van der Waals surface area contributed by atoms with Gasteiger partial charge in [-0.3, -0.25) is 4.79 Å². The quantitative estimate of drug-likeness (QED) is 0.921.